The van der Waals surface area contributed by atoms with Crippen molar-refractivity contribution in [1.29, 1.82) is 0 Å². The molecule has 2 atom stereocenters. The van der Waals surface area contributed by atoms with E-state index in [4.69, 9.17) is 0 Å². The number of hydrogen-bond donors (Lipinski definition) is 1. The van der Waals surface area contributed by atoms with E-state index in [0.717, 1.165) is 12.8 Å². The van der Waals surface area contributed by atoms with Crippen molar-refractivity contribution in [1.82, 2.24) is 10.2 Å². The van der Waals surface area contributed by atoms with Gasteiger partial charge in [0.15, 0.2) is 0 Å². The van der Waals surface area contributed by atoms with Gasteiger partial charge in [0.05, 0.1) is 0 Å². The Morgan fingerprint density at radius 3 is 2.62 bits per heavy atom. The first-order valence-electron chi connectivity index (χ1n) is 5.42. The third-order valence-corrected chi connectivity index (χ3v) is 3.07. The summed E-state index contributed by atoms with van der Waals surface area (Å²) < 4.78 is 35.8. The van der Waals surface area contributed by atoms with E-state index in [1.807, 2.05) is 19.2 Å². The lowest BCUT2D eigenvalue weighted by molar-refractivity contribution is -0.123. The number of nitrogens with one attached hydrogen (secondary N) is 1. The van der Waals surface area contributed by atoms with Gasteiger partial charge >= 0.3 is 12.2 Å². The minimum atomic E-state index is -4.35. The maximum atomic E-state index is 11.9. The van der Waals surface area contributed by atoms with Crippen molar-refractivity contribution < 1.29 is 18.0 Å². The van der Waals surface area contributed by atoms with Crippen molar-refractivity contribution >= 4 is 6.03 Å². The van der Waals surface area contributed by atoms with Gasteiger partial charge in [-0.15, -0.1) is 0 Å². The Bertz CT molecular complexity index is 255. The topological polar surface area (TPSA) is 32.3 Å². The second-order valence-corrected chi connectivity index (χ2v) is 4.33. The largest absolute Gasteiger partial charge is 0.405 e. The molecular weight excluding hydrogens is 221 g/mol. The van der Waals surface area contributed by atoms with E-state index >= 15 is 0 Å². The van der Waals surface area contributed by atoms with Gasteiger partial charge in [-0.3, -0.25) is 0 Å². The number of likely N-dealkylation sites (tertiary alicyclic amines) is 1. The van der Waals surface area contributed by atoms with Gasteiger partial charge in [-0.1, -0.05) is 6.92 Å². The number of alkyl halides is 3. The van der Waals surface area contributed by atoms with E-state index < -0.39 is 18.8 Å². The second-order valence-electron chi connectivity index (χ2n) is 4.33. The highest BCUT2D eigenvalue weighted by molar-refractivity contribution is 5.74. The van der Waals surface area contributed by atoms with Gasteiger partial charge in [-0.05, 0) is 25.7 Å². The second kappa shape index (κ2) is 4.93. The fourth-order valence-electron chi connectivity index (χ4n) is 1.90. The van der Waals surface area contributed by atoms with E-state index in [-0.39, 0.29) is 6.04 Å². The Kier molecular flexibility index (Phi) is 4.04. The monoisotopic (exact) mass is 238 g/mol. The predicted molar refractivity (Wildman–Crippen MR) is 54.0 cm³/mol. The van der Waals surface area contributed by atoms with Crippen LogP contribution in [0.2, 0.25) is 0 Å². The molecule has 0 aromatic rings. The predicted octanol–water partition coefficient (Wildman–Crippen LogP) is 2.38. The van der Waals surface area contributed by atoms with E-state index in [0.29, 0.717) is 12.5 Å². The third kappa shape index (κ3) is 3.57. The average molecular weight is 238 g/mol. The molecule has 1 fully saturated rings. The van der Waals surface area contributed by atoms with Crippen molar-refractivity contribution in [2.24, 2.45) is 5.92 Å². The molecule has 2 unspecified atom stereocenters. The fourth-order valence-corrected chi connectivity index (χ4v) is 1.90. The maximum absolute atomic E-state index is 11.9. The molecule has 1 heterocycles. The van der Waals surface area contributed by atoms with Gasteiger partial charge in [0.25, 0.3) is 0 Å². The summed E-state index contributed by atoms with van der Waals surface area (Å²) in [5, 5.41) is 1.91. The lowest BCUT2D eigenvalue weighted by atomic mass is 9.92. The summed E-state index contributed by atoms with van der Waals surface area (Å²) in [6.07, 6.45) is -2.48. The minimum absolute atomic E-state index is 0.00184. The lowest BCUT2D eigenvalue weighted by Crippen LogP contribution is -2.51. The maximum Gasteiger partial charge on any atom is 0.405 e. The number of urea groups is 1. The normalized spacial score (nSPS) is 26.7. The first kappa shape index (κ1) is 13.1. The summed E-state index contributed by atoms with van der Waals surface area (Å²) in [5.41, 5.74) is 0. The Labute approximate surface area is 93.0 Å². The van der Waals surface area contributed by atoms with Gasteiger partial charge in [-0.2, -0.15) is 13.2 Å². The number of carbonyl (C=O) groups excluding carboxylic acids is 1. The number of hydrogen-bond acceptors (Lipinski definition) is 1. The standard InChI is InChI=1S/C10H17F3N2O/c1-7-4-3-5-15(8(7)2)9(16)14-6-10(11,12)13/h7-8H,3-6H2,1-2H3,(H,14,16). The zero-order chi connectivity index (χ0) is 12.3. The van der Waals surface area contributed by atoms with Crippen LogP contribution in [0.4, 0.5) is 18.0 Å². The first-order valence-corrected chi connectivity index (χ1v) is 5.42. The molecule has 6 heteroatoms. The Morgan fingerprint density at radius 2 is 2.06 bits per heavy atom. The molecule has 0 bridgehead atoms. The molecule has 0 spiro atoms. The average Bonchev–Trinajstić information content (AvgIpc) is 2.17. The molecule has 0 aromatic carbocycles. The molecule has 1 N–H and O–H groups in total. The zero-order valence-electron chi connectivity index (χ0n) is 9.47. The SMILES string of the molecule is CC1CCCN(C(=O)NCC(F)(F)F)C1C. The number of piperidine rings is 1. The van der Waals surface area contributed by atoms with Crippen LogP contribution in [0.25, 0.3) is 0 Å². The molecule has 0 aromatic heterocycles. The molecule has 0 saturated carbocycles. The number of amides is 2. The number of rotatable bonds is 1. The van der Waals surface area contributed by atoms with Gasteiger partial charge in [-0.25, -0.2) is 4.79 Å². The lowest BCUT2D eigenvalue weighted by Gasteiger charge is -2.37. The fraction of sp³-hybridized carbons (Fsp3) is 0.900. The van der Waals surface area contributed by atoms with E-state index in [9.17, 15) is 18.0 Å². The van der Waals surface area contributed by atoms with Crippen LogP contribution in [0, 0.1) is 5.92 Å². The molecule has 0 radical (unpaired) electrons. The van der Waals surface area contributed by atoms with Crippen LogP contribution in [-0.2, 0) is 0 Å². The van der Waals surface area contributed by atoms with Crippen molar-refractivity contribution in [2.45, 2.75) is 38.9 Å². The molecule has 94 valence electrons. The summed E-state index contributed by atoms with van der Waals surface area (Å²) >= 11 is 0. The van der Waals surface area contributed by atoms with Crippen molar-refractivity contribution in [3.8, 4) is 0 Å². The Balaban J connectivity index is 2.47. The van der Waals surface area contributed by atoms with Crippen LogP contribution in [0.1, 0.15) is 26.7 Å². The molecule has 2 amide bonds. The molecule has 16 heavy (non-hydrogen) atoms. The van der Waals surface area contributed by atoms with Crippen LogP contribution >= 0.6 is 0 Å². The molecule has 3 nitrogen and oxygen atoms in total. The zero-order valence-corrected chi connectivity index (χ0v) is 9.47. The molecule has 0 aliphatic carbocycles. The first-order chi connectivity index (χ1) is 7.31. The molecule has 1 rings (SSSR count). The van der Waals surface area contributed by atoms with Crippen molar-refractivity contribution in [3.05, 3.63) is 0 Å². The van der Waals surface area contributed by atoms with Crippen LogP contribution in [-0.4, -0.2) is 36.2 Å². The third-order valence-electron chi connectivity index (χ3n) is 3.07. The van der Waals surface area contributed by atoms with Crippen molar-refractivity contribution in [3.63, 3.8) is 0 Å². The highest BCUT2D eigenvalue weighted by atomic mass is 19.4. The number of carbonyl (C=O) groups is 1. The molecule has 1 aliphatic heterocycles. The van der Waals surface area contributed by atoms with Crippen LogP contribution in [0.5, 0.6) is 0 Å². The van der Waals surface area contributed by atoms with Gasteiger partial charge < -0.3 is 10.2 Å². The minimum Gasteiger partial charge on any atom is -0.329 e. The van der Waals surface area contributed by atoms with Crippen molar-refractivity contribution in [2.75, 3.05) is 13.1 Å². The van der Waals surface area contributed by atoms with E-state index in [2.05, 4.69) is 0 Å². The molecule has 1 saturated heterocycles. The number of halogens is 3. The van der Waals surface area contributed by atoms with E-state index in [1.54, 1.807) is 0 Å². The summed E-state index contributed by atoms with van der Waals surface area (Å²) in [6, 6.07) is -0.613. The van der Waals surface area contributed by atoms with Crippen LogP contribution in [0.3, 0.4) is 0 Å². The van der Waals surface area contributed by atoms with Crippen LogP contribution in [0.15, 0.2) is 0 Å². The molecule has 1 aliphatic rings. The van der Waals surface area contributed by atoms with E-state index in [1.165, 1.54) is 4.90 Å². The summed E-state index contributed by atoms with van der Waals surface area (Å²) in [7, 11) is 0. The number of nitrogens with zero attached hydrogens (tertiary/aromatic N) is 1. The smallest absolute Gasteiger partial charge is 0.329 e. The highest BCUT2D eigenvalue weighted by Crippen LogP contribution is 2.22. The summed E-state index contributed by atoms with van der Waals surface area (Å²) in [6.45, 7) is 3.16. The summed E-state index contributed by atoms with van der Waals surface area (Å²) in [5.74, 6) is 0.338. The van der Waals surface area contributed by atoms with Gasteiger partial charge in [0.1, 0.15) is 6.54 Å². The molecular formula is C10H17F3N2O. The highest BCUT2D eigenvalue weighted by Gasteiger charge is 2.32. The quantitative estimate of drug-likeness (QED) is 0.747. The Hall–Kier alpha value is -0.940. The van der Waals surface area contributed by atoms with Gasteiger partial charge in [0.2, 0.25) is 0 Å². The van der Waals surface area contributed by atoms with Crippen LogP contribution < -0.4 is 5.32 Å². The van der Waals surface area contributed by atoms with Gasteiger partial charge in [0, 0.05) is 12.6 Å². The Morgan fingerprint density at radius 1 is 1.44 bits per heavy atom. The summed E-state index contributed by atoms with van der Waals surface area (Å²) in [4.78, 5) is 13.0.